The molecule has 0 aliphatic rings. The summed E-state index contributed by atoms with van der Waals surface area (Å²) in [5.41, 5.74) is 2.22. The van der Waals surface area contributed by atoms with Crippen LogP contribution in [0.1, 0.15) is 42.5 Å². The monoisotopic (exact) mass is 332 g/mol. The zero-order valence-corrected chi connectivity index (χ0v) is 14.8. The van der Waals surface area contributed by atoms with Crippen LogP contribution in [0.2, 0.25) is 0 Å². The number of nitrogens with zero attached hydrogens (tertiary/aromatic N) is 1. The van der Waals surface area contributed by atoms with Gasteiger partial charge in [0, 0.05) is 24.8 Å². The minimum Gasteiger partial charge on any atom is -0.496 e. The van der Waals surface area contributed by atoms with Gasteiger partial charge in [-0.25, -0.2) is 4.98 Å². The highest BCUT2D eigenvalue weighted by Gasteiger charge is 2.08. The van der Waals surface area contributed by atoms with Gasteiger partial charge in [0.05, 0.1) is 17.8 Å². The summed E-state index contributed by atoms with van der Waals surface area (Å²) < 4.78 is 5.31. The Morgan fingerprint density at radius 2 is 2.09 bits per heavy atom. The maximum Gasteiger partial charge on any atom is 0.220 e. The van der Waals surface area contributed by atoms with Crippen LogP contribution in [-0.2, 0) is 17.6 Å². The first-order valence-electron chi connectivity index (χ1n) is 7.93. The zero-order valence-electron chi connectivity index (χ0n) is 14.0. The number of methoxy groups -OCH3 is 1. The fraction of sp³-hybridized carbons (Fsp3) is 0.444. The lowest BCUT2D eigenvalue weighted by molar-refractivity contribution is -0.121. The number of thiazole rings is 1. The predicted molar refractivity (Wildman–Crippen MR) is 94.2 cm³/mol. The van der Waals surface area contributed by atoms with Crippen LogP contribution in [0.3, 0.4) is 0 Å². The van der Waals surface area contributed by atoms with E-state index in [-0.39, 0.29) is 5.91 Å². The molecule has 0 spiro atoms. The Hall–Kier alpha value is -1.88. The van der Waals surface area contributed by atoms with Crippen molar-refractivity contribution in [3.63, 3.8) is 0 Å². The van der Waals surface area contributed by atoms with Gasteiger partial charge in [0.25, 0.3) is 0 Å². The first kappa shape index (κ1) is 17.5. The molecule has 0 unspecified atom stereocenters. The van der Waals surface area contributed by atoms with Gasteiger partial charge in [-0.3, -0.25) is 4.79 Å². The fourth-order valence-corrected chi connectivity index (χ4v) is 3.22. The van der Waals surface area contributed by atoms with Crippen molar-refractivity contribution < 1.29 is 9.53 Å². The molecule has 2 aromatic rings. The molecule has 0 aliphatic carbocycles. The van der Waals surface area contributed by atoms with Crippen LogP contribution in [0.4, 0.5) is 0 Å². The smallest absolute Gasteiger partial charge is 0.220 e. The molecule has 1 N–H and O–H groups in total. The largest absolute Gasteiger partial charge is 0.496 e. The van der Waals surface area contributed by atoms with Crippen molar-refractivity contribution in [1.29, 1.82) is 0 Å². The normalized spacial score (nSPS) is 10.8. The first-order chi connectivity index (χ1) is 11.1. The SMILES string of the molecule is COc1ccccc1CCNC(=O)CCc1nc(C(C)C)cs1. The number of aromatic nitrogens is 1. The summed E-state index contributed by atoms with van der Waals surface area (Å²) in [4.78, 5) is 16.5. The van der Waals surface area contributed by atoms with Crippen LogP contribution in [-0.4, -0.2) is 24.5 Å². The topological polar surface area (TPSA) is 51.2 Å². The summed E-state index contributed by atoms with van der Waals surface area (Å²) in [7, 11) is 1.66. The molecular weight excluding hydrogens is 308 g/mol. The van der Waals surface area contributed by atoms with Crippen molar-refractivity contribution in [2.24, 2.45) is 0 Å². The van der Waals surface area contributed by atoms with Gasteiger partial charge in [-0.05, 0) is 24.0 Å². The van der Waals surface area contributed by atoms with Gasteiger partial charge in [0.2, 0.25) is 5.91 Å². The van der Waals surface area contributed by atoms with E-state index in [1.807, 2.05) is 24.3 Å². The second-order valence-corrected chi connectivity index (χ2v) is 6.68. The van der Waals surface area contributed by atoms with Crippen molar-refractivity contribution >= 4 is 17.2 Å². The molecule has 1 heterocycles. The van der Waals surface area contributed by atoms with Gasteiger partial charge in [-0.15, -0.1) is 11.3 Å². The predicted octanol–water partition coefficient (Wildman–Crippen LogP) is 3.57. The molecule has 0 atom stereocenters. The quantitative estimate of drug-likeness (QED) is 0.804. The van der Waals surface area contributed by atoms with E-state index in [9.17, 15) is 4.79 Å². The third-order valence-corrected chi connectivity index (χ3v) is 4.56. The lowest BCUT2D eigenvalue weighted by Crippen LogP contribution is -2.26. The lowest BCUT2D eigenvalue weighted by Gasteiger charge is -2.08. The number of rotatable bonds is 8. The van der Waals surface area contributed by atoms with E-state index in [0.29, 0.717) is 25.3 Å². The van der Waals surface area contributed by atoms with Crippen molar-refractivity contribution in [2.75, 3.05) is 13.7 Å². The van der Waals surface area contributed by atoms with E-state index in [0.717, 1.165) is 28.4 Å². The number of hydrogen-bond donors (Lipinski definition) is 1. The Bertz CT molecular complexity index is 637. The highest BCUT2D eigenvalue weighted by Crippen LogP contribution is 2.19. The number of carbonyl (C=O) groups excluding carboxylic acids is 1. The number of para-hydroxylation sites is 1. The van der Waals surface area contributed by atoms with Crippen molar-refractivity contribution in [1.82, 2.24) is 10.3 Å². The maximum atomic E-state index is 11.9. The van der Waals surface area contributed by atoms with Crippen molar-refractivity contribution in [3.8, 4) is 5.75 Å². The van der Waals surface area contributed by atoms with E-state index in [1.54, 1.807) is 18.4 Å². The fourth-order valence-electron chi connectivity index (χ4n) is 2.26. The molecule has 1 aromatic heterocycles. The third kappa shape index (κ3) is 5.36. The molecule has 2 rings (SSSR count). The van der Waals surface area contributed by atoms with Crippen LogP contribution in [0, 0.1) is 0 Å². The van der Waals surface area contributed by atoms with E-state index in [4.69, 9.17) is 4.74 Å². The molecule has 4 nitrogen and oxygen atoms in total. The summed E-state index contributed by atoms with van der Waals surface area (Å²) in [5, 5.41) is 6.08. The molecule has 124 valence electrons. The molecule has 1 aromatic carbocycles. The Labute approximate surface area is 141 Å². The molecule has 0 aliphatic heterocycles. The molecule has 5 heteroatoms. The van der Waals surface area contributed by atoms with E-state index < -0.39 is 0 Å². The average Bonchev–Trinajstić information content (AvgIpc) is 3.02. The Morgan fingerprint density at radius 3 is 2.78 bits per heavy atom. The Morgan fingerprint density at radius 1 is 1.30 bits per heavy atom. The first-order valence-corrected chi connectivity index (χ1v) is 8.81. The van der Waals surface area contributed by atoms with Crippen LogP contribution < -0.4 is 10.1 Å². The Balaban J connectivity index is 1.72. The number of nitrogens with one attached hydrogen (secondary N) is 1. The summed E-state index contributed by atoms with van der Waals surface area (Å²) in [6, 6.07) is 7.88. The number of hydrogen-bond acceptors (Lipinski definition) is 4. The lowest BCUT2D eigenvalue weighted by atomic mass is 10.1. The van der Waals surface area contributed by atoms with Gasteiger partial charge < -0.3 is 10.1 Å². The van der Waals surface area contributed by atoms with Gasteiger partial charge in [0.1, 0.15) is 5.75 Å². The number of ether oxygens (including phenoxy) is 1. The van der Waals surface area contributed by atoms with E-state index in [2.05, 4.69) is 29.5 Å². The summed E-state index contributed by atoms with van der Waals surface area (Å²) in [5.74, 6) is 1.38. The molecule has 0 saturated heterocycles. The molecule has 1 amide bonds. The Kier molecular flexibility index (Phi) is 6.59. The second kappa shape index (κ2) is 8.67. The van der Waals surface area contributed by atoms with Gasteiger partial charge >= 0.3 is 0 Å². The van der Waals surface area contributed by atoms with Crippen LogP contribution >= 0.6 is 11.3 Å². The minimum absolute atomic E-state index is 0.0706. The third-order valence-electron chi connectivity index (χ3n) is 3.64. The van der Waals surface area contributed by atoms with Gasteiger partial charge in [-0.2, -0.15) is 0 Å². The summed E-state index contributed by atoms with van der Waals surface area (Å²) in [6.45, 7) is 4.88. The number of amides is 1. The molecule has 0 bridgehead atoms. The maximum absolute atomic E-state index is 11.9. The molecule has 0 saturated carbocycles. The minimum atomic E-state index is 0.0706. The molecule has 23 heavy (non-hydrogen) atoms. The van der Waals surface area contributed by atoms with E-state index >= 15 is 0 Å². The standard InChI is InChI=1S/C18H24N2O2S/c1-13(2)15-12-23-18(20-15)9-8-17(21)19-11-10-14-6-4-5-7-16(14)22-3/h4-7,12-13H,8-11H2,1-3H3,(H,19,21). The van der Waals surface area contributed by atoms with E-state index in [1.165, 1.54) is 0 Å². The van der Waals surface area contributed by atoms with Crippen molar-refractivity contribution in [3.05, 3.63) is 45.9 Å². The van der Waals surface area contributed by atoms with Gasteiger partial charge in [-0.1, -0.05) is 32.0 Å². The van der Waals surface area contributed by atoms with Crippen molar-refractivity contribution in [2.45, 2.75) is 39.0 Å². The highest BCUT2D eigenvalue weighted by molar-refractivity contribution is 7.09. The summed E-state index contributed by atoms with van der Waals surface area (Å²) >= 11 is 1.64. The highest BCUT2D eigenvalue weighted by atomic mass is 32.1. The second-order valence-electron chi connectivity index (χ2n) is 5.73. The zero-order chi connectivity index (χ0) is 16.7. The number of benzene rings is 1. The molecule has 0 fully saturated rings. The number of carbonyl (C=O) groups is 1. The van der Waals surface area contributed by atoms with Gasteiger partial charge in [0.15, 0.2) is 0 Å². The molecule has 0 radical (unpaired) electrons. The van der Waals surface area contributed by atoms with Crippen LogP contribution in [0.25, 0.3) is 0 Å². The summed E-state index contributed by atoms with van der Waals surface area (Å²) in [6.07, 6.45) is 1.96. The number of aryl methyl sites for hydroxylation is 1. The van der Waals surface area contributed by atoms with Crippen LogP contribution in [0.5, 0.6) is 5.75 Å². The van der Waals surface area contributed by atoms with Crippen LogP contribution in [0.15, 0.2) is 29.6 Å². The average molecular weight is 332 g/mol. The molecular formula is C18H24N2O2S.